The van der Waals surface area contributed by atoms with Crippen molar-refractivity contribution in [1.29, 1.82) is 0 Å². The van der Waals surface area contributed by atoms with Crippen LogP contribution in [0.5, 0.6) is 0 Å². The molecule has 8 N–H and O–H groups in total. The Labute approximate surface area is 179 Å². The first-order valence-corrected chi connectivity index (χ1v) is 9.94. The average Bonchev–Trinajstić information content (AvgIpc) is 2.70. The maximum atomic E-state index is 12.7. The second-order valence-electron chi connectivity index (χ2n) is 6.74. The van der Waals surface area contributed by atoms with E-state index in [-0.39, 0.29) is 18.1 Å². The van der Waals surface area contributed by atoms with Crippen LogP contribution >= 0.6 is 12.6 Å². The predicted molar refractivity (Wildman–Crippen MR) is 109 cm³/mol. The molecule has 12 nitrogen and oxygen atoms in total. The van der Waals surface area contributed by atoms with Crippen molar-refractivity contribution in [3.63, 3.8) is 0 Å². The van der Waals surface area contributed by atoms with Gasteiger partial charge in [-0.2, -0.15) is 12.6 Å². The van der Waals surface area contributed by atoms with Crippen LogP contribution in [0.1, 0.15) is 33.1 Å². The van der Waals surface area contributed by atoms with Crippen LogP contribution in [0.4, 0.5) is 0 Å². The number of rotatable bonds is 14. The Morgan fingerprint density at radius 1 is 0.967 bits per heavy atom. The molecule has 0 aliphatic heterocycles. The summed E-state index contributed by atoms with van der Waals surface area (Å²) >= 11 is 3.99. The molecule has 13 heteroatoms. The van der Waals surface area contributed by atoms with Gasteiger partial charge in [0.05, 0.1) is 6.61 Å². The molecule has 0 saturated heterocycles. The van der Waals surface area contributed by atoms with Crippen LogP contribution in [0.3, 0.4) is 0 Å². The number of carbonyl (C=O) groups excluding carboxylic acids is 3. The molecular formula is C17H30N4O8S. The Morgan fingerprint density at radius 3 is 1.97 bits per heavy atom. The molecule has 3 amide bonds. The summed E-state index contributed by atoms with van der Waals surface area (Å²) in [5.74, 6) is -5.48. The number of thiol groups is 1. The number of nitrogens with two attached hydrogens (primary N) is 1. The van der Waals surface area contributed by atoms with Crippen molar-refractivity contribution < 1.29 is 39.3 Å². The summed E-state index contributed by atoms with van der Waals surface area (Å²) in [6, 6.07) is -4.97. The third-order valence-corrected chi connectivity index (χ3v) is 4.77. The van der Waals surface area contributed by atoms with Gasteiger partial charge in [0, 0.05) is 12.2 Å². The molecule has 172 valence electrons. The number of nitrogens with one attached hydrogen (secondary N) is 3. The quantitative estimate of drug-likeness (QED) is 0.133. The lowest BCUT2D eigenvalue weighted by molar-refractivity contribution is -0.143. The van der Waals surface area contributed by atoms with Gasteiger partial charge < -0.3 is 37.0 Å². The van der Waals surface area contributed by atoms with Crippen LogP contribution in [-0.4, -0.2) is 81.5 Å². The van der Waals surface area contributed by atoms with E-state index in [0.29, 0.717) is 6.42 Å². The standard InChI is InChI=1S/C17H30N4O8S/c1-3-8(2)13(21-14(25)9(18)6-22)16(27)20-11(7-30)15(26)19-10(17(28)29)4-5-12(23)24/h8-11,13,22,30H,3-7,18H2,1-2H3,(H,19,26)(H,20,27)(H,21,25)(H,23,24)(H,28,29). The molecule has 0 aromatic rings. The number of carboxylic acid groups (broad SMARTS) is 2. The summed E-state index contributed by atoms with van der Waals surface area (Å²) in [6.07, 6.45) is -0.308. The Hall–Kier alpha value is -2.38. The van der Waals surface area contributed by atoms with Crippen molar-refractivity contribution in [2.24, 2.45) is 11.7 Å². The highest BCUT2D eigenvalue weighted by molar-refractivity contribution is 7.80. The van der Waals surface area contributed by atoms with Gasteiger partial charge in [0.2, 0.25) is 17.7 Å². The van der Waals surface area contributed by atoms with Crippen LogP contribution in [-0.2, 0) is 24.0 Å². The summed E-state index contributed by atoms with van der Waals surface area (Å²) in [7, 11) is 0. The first-order valence-electron chi connectivity index (χ1n) is 9.31. The third-order valence-electron chi connectivity index (χ3n) is 4.40. The van der Waals surface area contributed by atoms with E-state index in [0.717, 1.165) is 0 Å². The molecule has 0 saturated carbocycles. The molecule has 0 bridgehead atoms. The van der Waals surface area contributed by atoms with Crippen molar-refractivity contribution in [2.75, 3.05) is 12.4 Å². The molecule has 30 heavy (non-hydrogen) atoms. The van der Waals surface area contributed by atoms with E-state index in [1.54, 1.807) is 13.8 Å². The van der Waals surface area contributed by atoms with E-state index in [1.807, 2.05) is 0 Å². The Balaban J connectivity index is 5.23. The number of aliphatic carboxylic acids is 2. The van der Waals surface area contributed by atoms with E-state index in [1.165, 1.54) is 0 Å². The Morgan fingerprint density at radius 2 is 1.53 bits per heavy atom. The van der Waals surface area contributed by atoms with Gasteiger partial charge in [-0.3, -0.25) is 19.2 Å². The lowest BCUT2D eigenvalue weighted by atomic mass is 9.97. The molecule has 5 unspecified atom stereocenters. The minimum absolute atomic E-state index is 0.180. The first-order chi connectivity index (χ1) is 14.0. The van der Waals surface area contributed by atoms with Crippen molar-refractivity contribution >= 4 is 42.3 Å². The highest BCUT2D eigenvalue weighted by atomic mass is 32.1. The monoisotopic (exact) mass is 450 g/mol. The molecule has 5 atom stereocenters. The fourth-order valence-electron chi connectivity index (χ4n) is 2.30. The molecular weight excluding hydrogens is 420 g/mol. The number of aliphatic hydroxyl groups excluding tert-OH is 1. The van der Waals surface area contributed by atoms with Gasteiger partial charge in [-0.25, -0.2) is 4.79 Å². The van der Waals surface area contributed by atoms with Gasteiger partial charge in [-0.15, -0.1) is 0 Å². The molecule has 0 heterocycles. The minimum atomic E-state index is -1.46. The largest absolute Gasteiger partial charge is 0.481 e. The van der Waals surface area contributed by atoms with Crippen LogP contribution in [0.25, 0.3) is 0 Å². The van der Waals surface area contributed by atoms with Gasteiger partial charge in [0.1, 0.15) is 24.2 Å². The van der Waals surface area contributed by atoms with E-state index < -0.39 is 66.9 Å². The van der Waals surface area contributed by atoms with Gasteiger partial charge in [-0.1, -0.05) is 20.3 Å². The normalized spacial score (nSPS) is 15.8. The zero-order chi connectivity index (χ0) is 23.4. The second kappa shape index (κ2) is 13.8. The highest BCUT2D eigenvalue weighted by Crippen LogP contribution is 2.09. The number of aliphatic hydroxyl groups is 1. The van der Waals surface area contributed by atoms with Crippen molar-refractivity contribution in [3.8, 4) is 0 Å². The van der Waals surface area contributed by atoms with Gasteiger partial charge in [-0.05, 0) is 12.3 Å². The molecule has 0 spiro atoms. The lowest BCUT2D eigenvalue weighted by Gasteiger charge is -2.27. The maximum absolute atomic E-state index is 12.7. The van der Waals surface area contributed by atoms with Crippen molar-refractivity contribution in [2.45, 2.75) is 57.3 Å². The fourth-order valence-corrected chi connectivity index (χ4v) is 2.56. The topological polar surface area (TPSA) is 208 Å². The van der Waals surface area contributed by atoms with Crippen LogP contribution < -0.4 is 21.7 Å². The molecule has 0 aliphatic carbocycles. The Bertz CT molecular complexity index is 633. The molecule has 0 fully saturated rings. The SMILES string of the molecule is CCC(C)C(NC(=O)C(N)CO)C(=O)NC(CS)C(=O)NC(CCC(=O)O)C(=O)O. The van der Waals surface area contributed by atoms with E-state index in [4.69, 9.17) is 21.1 Å². The van der Waals surface area contributed by atoms with E-state index in [2.05, 4.69) is 28.6 Å². The highest BCUT2D eigenvalue weighted by Gasteiger charge is 2.32. The lowest BCUT2D eigenvalue weighted by Crippen LogP contribution is -2.59. The number of carboxylic acids is 2. The van der Waals surface area contributed by atoms with Gasteiger partial charge >= 0.3 is 11.9 Å². The number of hydrogen-bond acceptors (Lipinski definition) is 8. The zero-order valence-corrected chi connectivity index (χ0v) is 17.7. The van der Waals surface area contributed by atoms with Crippen LogP contribution in [0, 0.1) is 5.92 Å². The van der Waals surface area contributed by atoms with Gasteiger partial charge in [0.15, 0.2) is 0 Å². The number of carbonyl (C=O) groups is 5. The number of hydrogen-bond donors (Lipinski definition) is 8. The fraction of sp³-hybridized carbons (Fsp3) is 0.706. The summed E-state index contributed by atoms with van der Waals surface area (Å²) in [5.41, 5.74) is 5.45. The first kappa shape index (κ1) is 27.6. The minimum Gasteiger partial charge on any atom is -0.481 e. The third kappa shape index (κ3) is 9.41. The zero-order valence-electron chi connectivity index (χ0n) is 16.8. The number of amides is 3. The van der Waals surface area contributed by atoms with Crippen LogP contribution in [0.2, 0.25) is 0 Å². The summed E-state index contributed by atoms with van der Waals surface area (Å²) < 4.78 is 0. The Kier molecular flexibility index (Phi) is 12.7. The molecule has 0 radical (unpaired) electrons. The summed E-state index contributed by atoms with van der Waals surface area (Å²) in [4.78, 5) is 58.9. The molecule has 0 aromatic carbocycles. The smallest absolute Gasteiger partial charge is 0.326 e. The maximum Gasteiger partial charge on any atom is 0.326 e. The average molecular weight is 451 g/mol. The molecule has 0 aromatic heterocycles. The summed E-state index contributed by atoms with van der Waals surface area (Å²) in [6.45, 7) is 2.86. The van der Waals surface area contributed by atoms with Gasteiger partial charge in [0.25, 0.3) is 0 Å². The van der Waals surface area contributed by atoms with Crippen LogP contribution in [0.15, 0.2) is 0 Å². The molecule has 0 rings (SSSR count). The van der Waals surface area contributed by atoms with Crippen molar-refractivity contribution in [1.82, 2.24) is 16.0 Å². The molecule has 0 aliphatic rings. The van der Waals surface area contributed by atoms with E-state index in [9.17, 15) is 24.0 Å². The van der Waals surface area contributed by atoms with Crippen molar-refractivity contribution in [3.05, 3.63) is 0 Å². The van der Waals surface area contributed by atoms with E-state index >= 15 is 0 Å². The second-order valence-corrected chi connectivity index (χ2v) is 7.10. The summed E-state index contributed by atoms with van der Waals surface area (Å²) in [5, 5.41) is 33.8. The predicted octanol–water partition coefficient (Wildman–Crippen LogP) is -2.31.